The first-order valence-electron chi connectivity index (χ1n) is 7.44. The smallest absolute Gasteiger partial charge is 0.328 e. The van der Waals surface area contributed by atoms with Crippen LogP contribution >= 0.6 is 30.6 Å². The third-order valence-corrected chi connectivity index (χ3v) is 5.79. The molecule has 2 aliphatic heterocycles. The highest BCUT2D eigenvalue weighted by Crippen LogP contribution is 2.48. The third-order valence-electron chi connectivity index (χ3n) is 3.87. The van der Waals surface area contributed by atoms with Crippen LogP contribution < -0.4 is 0 Å². The van der Waals surface area contributed by atoms with E-state index in [0.717, 1.165) is 6.42 Å². The maximum Gasteiger partial charge on any atom is 0.328 e. The summed E-state index contributed by atoms with van der Waals surface area (Å²) in [5.74, 6) is 0. The maximum atomic E-state index is 12.5. The molecule has 0 aromatic heterocycles. The number of aliphatic hydroxyl groups excluding tert-OH is 1. The Labute approximate surface area is 146 Å². The molecule has 0 amide bonds. The van der Waals surface area contributed by atoms with Gasteiger partial charge in [0.05, 0.1) is 19.3 Å². The van der Waals surface area contributed by atoms with Crippen molar-refractivity contribution in [1.29, 1.82) is 0 Å². The first kappa shape index (κ1) is 19.2. The maximum absolute atomic E-state index is 12.5. The minimum absolute atomic E-state index is 0.0297. The second-order valence-electron chi connectivity index (χ2n) is 5.96. The van der Waals surface area contributed by atoms with Crippen LogP contribution in [0.1, 0.15) is 12.8 Å². The second kappa shape index (κ2) is 8.29. The molecule has 0 aromatic rings. The van der Waals surface area contributed by atoms with E-state index in [4.69, 9.17) is 21.6 Å². The molecule has 0 radical (unpaired) electrons. The summed E-state index contributed by atoms with van der Waals surface area (Å²) in [6.07, 6.45) is 0.164. The molecule has 2 heterocycles. The highest BCUT2D eigenvalue weighted by molar-refractivity contribution is 14.1. The van der Waals surface area contributed by atoms with E-state index in [1.165, 1.54) is 6.66 Å². The summed E-state index contributed by atoms with van der Waals surface area (Å²) in [6.45, 7) is 1.42. The van der Waals surface area contributed by atoms with Crippen LogP contribution in [0.25, 0.3) is 0 Å². The quantitative estimate of drug-likeness (QED) is 0.319. The molecule has 2 rings (SSSR count). The minimum atomic E-state index is -3.26. The summed E-state index contributed by atoms with van der Waals surface area (Å²) < 4.78 is 40.1. The van der Waals surface area contributed by atoms with Crippen LogP contribution in [0.5, 0.6) is 0 Å². The molecule has 22 heavy (non-hydrogen) atoms. The Morgan fingerprint density at radius 3 is 2.41 bits per heavy atom. The fourth-order valence-corrected chi connectivity index (χ4v) is 4.57. The molecule has 2 fully saturated rings. The lowest BCUT2D eigenvalue weighted by Crippen LogP contribution is -2.29. The number of halogens is 1. The molecule has 0 aliphatic carbocycles. The zero-order valence-corrected chi connectivity index (χ0v) is 16.1. The standard InChI is InChI=1S/C11H22B2IO7P/c1-22(16,21-7-3-11(13)18-8(7)4-15)17-5-9-6(20-14)2-10(12)19-9/h6-11,15H,2-5,12-13H2,1H3/t6?,7?,8-,9-,10-,11-,22?/m1/s1. The summed E-state index contributed by atoms with van der Waals surface area (Å²) in [5.41, 5.74) is 0. The van der Waals surface area contributed by atoms with Crippen molar-refractivity contribution in [2.24, 2.45) is 0 Å². The Morgan fingerprint density at radius 1 is 1.23 bits per heavy atom. The van der Waals surface area contributed by atoms with Crippen molar-refractivity contribution in [2.45, 2.75) is 49.3 Å². The van der Waals surface area contributed by atoms with E-state index < -0.39 is 19.8 Å². The van der Waals surface area contributed by atoms with Gasteiger partial charge < -0.3 is 26.7 Å². The largest absolute Gasteiger partial charge is 0.394 e. The Kier molecular flexibility index (Phi) is 7.23. The molecule has 7 nitrogen and oxygen atoms in total. The summed E-state index contributed by atoms with van der Waals surface area (Å²) in [7, 11) is 0.601. The van der Waals surface area contributed by atoms with Crippen molar-refractivity contribution in [3.8, 4) is 0 Å². The van der Waals surface area contributed by atoms with Gasteiger partial charge in [-0.2, -0.15) is 0 Å². The Balaban J connectivity index is 1.84. The summed E-state index contributed by atoms with van der Waals surface area (Å²) in [6, 6.07) is 0.0614. The normalized spacial score (nSPS) is 41.6. The van der Waals surface area contributed by atoms with Crippen LogP contribution in [-0.2, 0) is 26.2 Å². The molecule has 0 aromatic carbocycles. The van der Waals surface area contributed by atoms with Gasteiger partial charge in [-0.25, -0.2) is 0 Å². The SMILES string of the molecule is B[C@H]1CC(OI)[C@@H](COP(C)(=O)OC2C[C@H](B)O[C@@H]2CO)O1. The van der Waals surface area contributed by atoms with Gasteiger partial charge in [0.25, 0.3) is 0 Å². The minimum Gasteiger partial charge on any atom is -0.394 e. The van der Waals surface area contributed by atoms with Gasteiger partial charge in [0, 0.05) is 18.7 Å². The number of hydrogen-bond acceptors (Lipinski definition) is 7. The van der Waals surface area contributed by atoms with Crippen LogP contribution in [0.2, 0.25) is 0 Å². The number of rotatable bonds is 7. The summed E-state index contributed by atoms with van der Waals surface area (Å²) >= 11 is 1.85. The second-order valence-corrected chi connectivity index (χ2v) is 8.48. The third kappa shape index (κ3) is 5.17. The van der Waals surface area contributed by atoms with E-state index in [-0.39, 0.29) is 37.4 Å². The molecule has 1 N–H and O–H groups in total. The fourth-order valence-electron chi connectivity index (χ4n) is 2.84. The predicted molar refractivity (Wildman–Crippen MR) is 94.0 cm³/mol. The van der Waals surface area contributed by atoms with Gasteiger partial charge in [-0.3, -0.25) is 4.57 Å². The van der Waals surface area contributed by atoms with Gasteiger partial charge in [0.2, 0.25) is 0 Å². The number of ether oxygens (including phenoxy) is 2. The summed E-state index contributed by atoms with van der Waals surface area (Å²) in [5, 5.41) is 9.28. The van der Waals surface area contributed by atoms with Crippen molar-refractivity contribution in [1.82, 2.24) is 0 Å². The molecule has 0 saturated carbocycles. The van der Waals surface area contributed by atoms with E-state index in [1.54, 1.807) is 0 Å². The van der Waals surface area contributed by atoms with Crippen LogP contribution in [0.4, 0.5) is 0 Å². The van der Waals surface area contributed by atoms with Crippen LogP contribution in [0.15, 0.2) is 0 Å². The van der Waals surface area contributed by atoms with E-state index in [1.807, 2.05) is 38.7 Å². The first-order valence-corrected chi connectivity index (χ1v) is 10.3. The lowest BCUT2D eigenvalue weighted by molar-refractivity contribution is -0.00919. The van der Waals surface area contributed by atoms with Crippen molar-refractivity contribution >= 4 is 46.3 Å². The van der Waals surface area contributed by atoms with E-state index in [2.05, 4.69) is 0 Å². The Bertz CT molecular complexity index is 418. The van der Waals surface area contributed by atoms with Crippen molar-refractivity contribution in [2.75, 3.05) is 19.9 Å². The van der Waals surface area contributed by atoms with E-state index in [0.29, 0.717) is 6.42 Å². The average molecular weight is 446 g/mol. The van der Waals surface area contributed by atoms with Gasteiger partial charge in [-0.15, -0.1) is 0 Å². The monoisotopic (exact) mass is 446 g/mol. The lowest BCUT2D eigenvalue weighted by atomic mass is 9.96. The van der Waals surface area contributed by atoms with Gasteiger partial charge >= 0.3 is 7.60 Å². The van der Waals surface area contributed by atoms with Crippen molar-refractivity contribution < 1.29 is 31.3 Å². The molecule has 0 spiro atoms. The van der Waals surface area contributed by atoms with Crippen LogP contribution in [0, 0.1) is 0 Å². The van der Waals surface area contributed by atoms with Gasteiger partial charge in [0.1, 0.15) is 57.0 Å². The highest BCUT2D eigenvalue weighted by Gasteiger charge is 2.39. The fraction of sp³-hybridized carbons (Fsp3) is 1.00. The van der Waals surface area contributed by atoms with Crippen molar-refractivity contribution in [3.05, 3.63) is 0 Å². The van der Waals surface area contributed by atoms with E-state index >= 15 is 0 Å². The summed E-state index contributed by atoms with van der Waals surface area (Å²) in [4.78, 5) is 0. The Morgan fingerprint density at radius 2 is 1.82 bits per heavy atom. The van der Waals surface area contributed by atoms with Gasteiger partial charge in [0.15, 0.2) is 0 Å². The number of hydrogen-bond donors (Lipinski definition) is 1. The predicted octanol–water partition coefficient (Wildman–Crippen LogP) is -0.565. The molecule has 3 unspecified atom stereocenters. The van der Waals surface area contributed by atoms with E-state index in [9.17, 15) is 9.67 Å². The molecular formula is C11H22B2IO7P. The molecule has 7 atom stereocenters. The molecule has 2 saturated heterocycles. The molecule has 11 heteroatoms. The molecule has 126 valence electrons. The zero-order chi connectivity index (χ0) is 16.3. The average Bonchev–Trinajstić information content (AvgIpc) is 2.98. The van der Waals surface area contributed by atoms with Crippen LogP contribution in [0.3, 0.4) is 0 Å². The Hall–Kier alpha value is 0.850. The molecule has 0 bridgehead atoms. The first-order chi connectivity index (χ1) is 10.3. The number of aliphatic hydroxyl groups is 1. The highest BCUT2D eigenvalue weighted by atomic mass is 127. The van der Waals surface area contributed by atoms with Crippen molar-refractivity contribution in [3.63, 3.8) is 0 Å². The van der Waals surface area contributed by atoms with Crippen LogP contribution in [-0.4, -0.2) is 77.1 Å². The lowest BCUT2D eigenvalue weighted by Gasteiger charge is -2.24. The molecular weight excluding hydrogens is 424 g/mol. The van der Waals surface area contributed by atoms with Gasteiger partial charge in [-0.1, -0.05) is 0 Å². The topological polar surface area (TPSA) is 83.5 Å². The van der Waals surface area contributed by atoms with Gasteiger partial charge in [-0.05, 0) is 12.8 Å². The molecule has 2 aliphatic rings. The zero-order valence-electron chi connectivity index (χ0n) is 13.0.